The number of hydrogen-bond acceptors (Lipinski definition) is 5. The number of nitrogens with zero attached hydrogens (tertiary/aromatic N) is 2. The molecule has 3 rings (SSSR count). The van der Waals surface area contributed by atoms with E-state index in [4.69, 9.17) is 4.74 Å². The Bertz CT molecular complexity index is 749. The minimum atomic E-state index is -0.401. The van der Waals surface area contributed by atoms with Crippen molar-refractivity contribution in [3.8, 4) is 11.6 Å². The third kappa shape index (κ3) is 5.67. The lowest BCUT2D eigenvalue weighted by Gasteiger charge is -2.12. The highest BCUT2D eigenvalue weighted by molar-refractivity contribution is 5.29. The van der Waals surface area contributed by atoms with Crippen molar-refractivity contribution in [3.05, 3.63) is 84.3 Å². The van der Waals surface area contributed by atoms with E-state index in [1.54, 1.807) is 18.6 Å². The van der Waals surface area contributed by atoms with Gasteiger partial charge in [0.15, 0.2) is 0 Å². The van der Waals surface area contributed by atoms with Gasteiger partial charge in [-0.1, -0.05) is 42.5 Å². The van der Waals surface area contributed by atoms with Crippen LogP contribution >= 0.6 is 0 Å². The molecular weight excluding hydrogens is 314 g/mol. The maximum Gasteiger partial charge on any atom is 0.237 e. The van der Waals surface area contributed by atoms with Gasteiger partial charge < -0.3 is 15.2 Å². The molecule has 1 heterocycles. The molecule has 0 fully saturated rings. The third-order valence-corrected chi connectivity index (χ3v) is 3.71. The molecule has 2 N–H and O–H groups in total. The summed E-state index contributed by atoms with van der Waals surface area (Å²) in [7, 11) is 0. The van der Waals surface area contributed by atoms with Gasteiger partial charge in [-0.3, -0.25) is 4.98 Å². The van der Waals surface area contributed by atoms with Gasteiger partial charge in [-0.25, -0.2) is 4.98 Å². The lowest BCUT2D eigenvalue weighted by atomic mass is 10.1. The standard InChI is InChI=1S/C20H21N3O2/c24-18(12-16-4-2-1-3-5-16)14-22-13-17-6-8-19(9-7-17)25-20-15-21-10-11-23-20/h1-11,15,18,22,24H,12-14H2. The molecule has 0 aliphatic carbocycles. The second-order valence-corrected chi connectivity index (χ2v) is 5.76. The number of nitrogens with one attached hydrogen (secondary N) is 1. The van der Waals surface area contributed by atoms with E-state index in [9.17, 15) is 5.11 Å². The van der Waals surface area contributed by atoms with Crippen LogP contribution in [-0.2, 0) is 13.0 Å². The number of aliphatic hydroxyl groups is 1. The first kappa shape index (κ1) is 17.1. The normalized spacial score (nSPS) is 11.9. The Morgan fingerprint density at radius 3 is 2.48 bits per heavy atom. The number of aromatic nitrogens is 2. The average Bonchev–Trinajstić information content (AvgIpc) is 2.65. The molecule has 0 bridgehead atoms. The molecule has 3 aromatic rings. The van der Waals surface area contributed by atoms with Crippen molar-refractivity contribution < 1.29 is 9.84 Å². The molecule has 0 saturated heterocycles. The summed E-state index contributed by atoms with van der Waals surface area (Å²) in [5, 5.41) is 13.4. The molecule has 0 aliphatic rings. The molecule has 0 amide bonds. The Kier molecular flexibility index (Phi) is 6.09. The Balaban J connectivity index is 1.42. The van der Waals surface area contributed by atoms with Gasteiger partial charge in [-0.2, -0.15) is 0 Å². The van der Waals surface area contributed by atoms with Crippen LogP contribution in [0, 0.1) is 0 Å². The van der Waals surface area contributed by atoms with Crippen molar-refractivity contribution in [2.45, 2.75) is 19.1 Å². The summed E-state index contributed by atoms with van der Waals surface area (Å²) in [6, 6.07) is 17.8. The quantitative estimate of drug-likeness (QED) is 0.662. The van der Waals surface area contributed by atoms with E-state index in [0.717, 1.165) is 11.1 Å². The number of rotatable bonds is 8. The van der Waals surface area contributed by atoms with Crippen LogP contribution < -0.4 is 10.1 Å². The third-order valence-electron chi connectivity index (χ3n) is 3.71. The molecule has 0 saturated carbocycles. The predicted molar refractivity (Wildman–Crippen MR) is 96.4 cm³/mol. The van der Waals surface area contributed by atoms with Gasteiger partial charge >= 0.3 is 0 Å². The molecular formula is C20H21N3O2. The van der Waals surface area contributed by atoms with Gasteiger partial charge in [0.2, 0.25) is 5.88 Å². The second kappa shape index (κ2) is 8.92. The lowest BCUT2D eigenvalue weighted by Crippen LogP contribution is -2.28. The summed E-state index contributed by atoms with van der Waals surface area (Å²) in [6.07, 6.45) is 5.02. The predicted octanol–water partition coefficient (Wildman–Crippen LogP) is 2.96. The number of aliphatic hydroxyl groups excluding tert-OH is 1. The molecule has 2 aromatic carbocycles. The zero-order chi connectivity index (χ0) is 17.3. The van der Waals surface area contributed by atoms with Gasteiger partial charge in [-0.05, 0) is 29.7 Å². The average molecular weight is 335 g/mol. The maximum atomic E-state index is 10.1. The van der Waals surface area contributed by atoms with E-state index >= 15 is 0 Å². The van der Waals surface area contributed by atoms with E-state index < -0.39 is 6.10 Å². The zero-order valence-corrected chi connectivity index (χ0v) is 13.9. The molecule has 0 radical (unpaired) electrons. The Labute approximate surface area is 147 Å². The molecule has 1 atom stereocenters. The summed E-state index contributed by atoms with van der Waals surface area (Å²) in [5.74, 6) is 1.19. The maximum absolute atomic E-state index is 10.1. The molecule has 0 spiro atoms. The number of ether oxygens (including phenoxy) is 1. The van der Waals surface area contributed by atoms with E-state index in [2.05, 4.69) is 15.3 Å². The number of benzene rings is 2. The number of hydrogen-bond donors (Lipinski definition) is 2. The van der Waals surface area contributed by atoms with Gasteiger partial charge in [0.05, 0.1) is 12.3 Å². The van der Waals surface area contributed by atoms with Crippen LogP contribution in [0.4, 0.5) is 0 Å². The Morgan fingerprint density at radius 1 is 0.960 bits per heavy atom. The van der Waals surface area contributed by atoms with Crippen LogP contribution in [0.5, 0.6) is 11.6 Å². The van der Waals surface area contributed by atoms with Crippen LogP contribution in [-0.4, -0.2) is 27.7 Å². The van der Waals surface area contributed by atoms with Crippen LogP contribution in [0.1, 0.15) is 11.1 Å². The first-order valence-electron chi connectivity index (χ1n) is 8.25. The smallest absolute Gasteiger partial charge is 0.237 e. The minimum absolute atomic E-state index is 0.401. The fourth-order valence-electron chi connectivity index (χ4n) is 2.48. The van der Waals surface area contributed by atoms with Gasteiger partial charge in [0.1, 0.15) is 5.75 Å². The van der Waals surface area contributed by atoms with Crippen LogP contribution in [0.2, 0.25) is 0 Å². The van der Waals surface area contributed by atoms with Gasteiger partial charge in [0.25, 0.3) is 0 Å². The zero-order valence-electron chi connectivity index (χ0n) is 13.9. The molecule has 5 heteroatoms. The van der Waals surface area contributed by atoms with Crippen molar-refractivity contribution in [3.63, 3.8) is 0 Å². The molecule has 25 heavy (non-hydrogen) atoms. The lowest BCUT2D eigenvalue weighted by molar-refractivity contribution is 0.171. The van der Waals surface area contributed by atoms with E-state index in [0.29, 0.717) is 31.1 Å². The highest BCUT2D eigenvalue weighted by Gasteiger charge is 2.05. The van der Waals surface area contributed by atoms with Crippen molar-refractivity contribution in [1.29, 1.82) is 0 Å². The van der Waals surface area contributed by atoms with Crippen molar-refractivity contribution in [2.75, 3.05) is 6.54 Å². The molecule has 5 nitrogen and oxygen atoms in total. The van der Waals surface area contributed by atoms with E-state index in [1.807, 2.05) is 54.6 Å². The van der Waals surface area contributed by atoms with Gasteiger partial charge in [0, 0.05) is 25.5 Å². The first-order chi connectivity index (χ1) is 12.3. The highest BCUT2D eigenvalue weighted by atomic mass is 16.5. The Hall–Kier alpha value is -2.76. The second-order valence-electron chi connectivity index (χ2n) is 5.76. The fourth-order valence-corrected chi connectivity index (χ4v) is 2.48. The molecule has 1 aromatic heterocycles. The molecule has 1 unspecified atom stereocenters. The molecule has 0 aliphatic heterocycles. The summed E-state index contributed by atoms with van der Waals surface area (Å²) in [6.45, 7) is 1.24. The first-order valence-corrected chi connectivity index (χ1v) is 8.25. The summed E-state index contributed by atoms with van der Waals surface area (Å²) >= 11 is 0. The minimum Gasteiger partial charge on any atom is -0.438 e. The van der Waals surface area contributed by atoms with Crippen LogP contribution in [0.25, 0.3) is 0 Å². The summed E-state index contributed by atoms with van der Waals surface area (Å²) in [5.41, 5.74) is 2.26. The van der Waals surface area contributed by atoms with Crippen LogP contribution in [0.3, 0.4) is 0 Å². The van der Waals surface area contributed by atoms with Crippen molar-refractivity contribution in [2.24, 2.45) is 0 Å². The van der Waals surface area contributed by atoms with Crippen LogP contribution in [0.15, 0.2) is 73.2 Å². The highest BCUT2D eigenvalue weighted by Crippen LogP contribution is 2.18. The SMILES string of the molecule is OC(CNCc1ccc(Oc2cnccn2)cc1)Cc1ccccc1. The van der Waals surface area contributed by atoms with Crippen molar-refractivity contribution in [1.82, 2.24) is 15.3 Å². The fraction of sp³-hybridized carbons (Fsp3) is 0.200. The summed E-state index contributed by atoms with van der Waals surface area (Å²) < 4.78 is 5.61. The largest absolute Gasteiger partial charge is 0.438 e. The van der Waals surface area contributed by atoms with Gasteiger partial charge in [-0.15, -0.1) is 0 Å². The summed E-state index contributed by atoms with van der Waals surface area (Å²) in [4.78, 5) is 8.04. The van der Waals surface area contributed by atoms with Crippen molar-refractivity contribution >= 4 is 0 Å². The Morgan fingerprint density at radius 2 is 1.76 bits per heavy atom. The molecule has 128 valence electrons. The van der Waals surface area contributed by atoms with E-state index in [1.165, 1.54) is 0 Å². The monoisotopic (exact) mass is 335 g/mol. The van der Waals surface area contributed by atoms with E-state index in [-0.39, 0.29) is 0 Å². The topological polar surface area (TPSA) is 67.3 Å².